The van der Waals surface area contributed by atoms with Gasteiger partial charge in [0.2, 0.25) is 0 Å². The topological polar surface area (TPSA) is 12.4 Å². The predicted octanol–water partition coefficient (Wildman–Crippen LogP) is 0.853. The van der Waals surface area contributed by atoms with Crippen LogP contribution in [0.1, 0.15) is 12.5 Å². The molecular formula is C9H11NSi. The van der Waals surface area contributed by atoms with Crippen LogP contribution in [-0.2, 0) is 0 Å². The number of aliphatic imine (C=N–C) groups is 1. The second-order valence-corrected chi connectivity index (χ2v) is 5.29. The van der Waals surface area contributed by atoms with Crippen molar-refractivity contribution in [2.45, 2.75) is 13.8 Å². The van der Waals surface area contributed by atoms with Gasteiger partial charge in [0, 0.05) is 0 Å². The zero-order chi connectivity index (χ0) is 7.84. The smallest absolute Gasteiger partial charge is 0.108 e. The van der Waals surface area contributed by atoms with Gasteiger partial charge in [0.05, 0.1) is 5.69 Å². The van der Waals surface area contributed by atoms with Crippen LogP contribution in [0, 0.1) is 6.92 Å². The van der Waals surface area contributed by atoms with Crippen molar-refractivity contribution < 1.29 is 0 Å². The molecule has 0 spiro atoms. The van der Waals surface area contributed by atoms with E-state index < -0.39 is 0 Å². The number of hydrogen-bond acceptors (Lipinski definition) is 1. The largest absolute Gasteiger partial charge is 0.263 e. The third kappa shape index (κ3) is 1.14. The van der Waals surface area contributed by atoms with E-state index >= 15 is 0 Å². The molecule has 0 unspecified atom stereocenters. The van der Waals surface area contributed by atoms with Crippen LogP contribution >= 0.6 is 0 Å². The molecule has 1 heterocycles. The van der Waals surface area contributed by atoms with Gasteiger partial charge in [-0.15, -0.1) is 0 Å². The Kier molecular flexibility index (Phi) is 1.43. The molecule has 1 aromatic carbocycles. The maximum atomic E-state index is 4.49. The van der Waals surface area contributed by atoms with E-state index in [-0.39, 0.29) is 9.52 Å². The fourth-order valence-electron chi connectivity index (χ4n) is 1.45. The number of nitrogens with zero attached hydrogens (tertiary/aromatic N) is 1. The van der Waals surface area contributed by atoms with Gasteiger partial charge in [0.15, 0.2) is 0 Å². The molecule has 1 aliphatic rings. The Morgan fingerprint density at radius 3 is 2.91 bits per heavy atom. The van der Waals surface area contributed by atoms with Crippen LogP contribution in [0.4, 0.5) is 5.69 Å². The lowest BCUT2D eigenvalue weighted by molar-refractivity contribution is 1.45. The Labute approximate surface area is 69.0 Å². The maximum absolute atomic E-state index is 4.49. The summed E-state index contributed by atoms with van der Waals surface area (Å²) in [6.07, 6.45) is 0. The zero-order valence-electron chi connectivity index (χ0n) is 6.89. The molecule has 0 atom stereocenters. The van der Waals surface area contributed by atoms with Gasteiger partial charge >= 0.3 is 0 Å². The molecule has 11 heavy (non-hydrogen) atoms. The molecule has 0 saturated heterocycles. The van der Waals surface area contributed by atoms with Gasteiger partial charge in [0.25, 0.3) is 0 Å². The van der Waals surface area contributed by atoms with Crippen molar-refractivity contribution in [3.8, 4) is 0 Å². The van der Waals surface area contributed by atoms with Gasteiger partial charge in [-0.25, -0.2) is 0 Å². The number of fused-ring (bicyclic) bond motifs is 1. The molecule has 0 aliphatic carbocycles. The first-order valence-corrected chi connectivity index (χ1v) is 5.31. The lowest BCUT2D eigenvalue weighted by atomic mass is 10.2. The van der Waals surface area contributed by atoms with E-state index in [4.69, 9.17) is 0 Å². The van der Waals surface area contributed by atoms with Crippen LogP contribution in [0.2, 0.25) is 0 Å². The molecule has 0 saturated carbocycles. The number of rotatable bonds is 0. The van der Waals surface area contributed by atoms with Crippen molar-refractivity contribution in [1.29, 1.82) is 0 Å². The summed E-state index contributed by atoms with van der Waals surface area (Å²) >= 11 is 0. The SMILES string of the molecule is CC1=Nc2cc(C)ccc2[SiH2]1. The minimum absolute atomic E-state index is 0.150. The van der Waals surface area contributed by atoms with Crippen molar-refractivity contribution in [1.82, 2.24) is 0 Å². The van der Waals surface area contributed by atoms with Crippen LogP contribution in [0.5, 0.6) is 0 Å². The lowest BCUT2D eigenvalue weighted by Gasteiger charge is -1.96. The minimum Gasteiger partial charge on any atom is -0.263 e. The second kappa shape index (κ2) is 2.31. The molecule has 0 bridgehead atoms. The van der Waals surface area contributed by atoms with Gasteiger partial charge in [-0.3, -0.25) is 4.99 Å². The first-order valence-electron chi connectivity index (χ1n) is 3.89. The predicted molar refractivity (Wildman–Crippen MR) is 52.1 cm³/mol. The summed E-state index contributed by atoms with van der Waals surface area (Å²) in [7, 11) is -0.150. The zero-order valence-corrected chi connectivity index (χ0v) is 8.30. The lowest BCUT2D eigenvalue weighted by Crippen LogP contribution is -2.15. The second-order valence-electron chi connectivity index (χ2n) is 3.16. The van der Waals surface area contributed by atoms with E-state index in [1.54, 1.807) is 0 Å². The summed E-state index contributed by atoms with van der Waals surface area (Å²) in [5.41, 5.74) is 2.55. The molecule has 2 rings (SSSR count). The number of hydrogen-bond donors (Lipinski definition) is 0. The van der Waals surface area contributed by atoms with Crippen LogP contribution in [-0.4, -0.2) is 14.9 Å². The summed E-state index contributed by atoms with van der Waals surface area (Å²) in [5, 5.41) is 2.87. The third-order valence-corrected chi connectivity index (χ3v) is 3.65. The van der Waals surface area contributed by atoms with Crippen molar-refractivity contribution in [3.05, 3.63) is 23.8 Å². The van der Waals surface area contributed by atoms with Crippen LogP contribution in [0.25, 0.3) is 0 Å². The Morgan fingerprint density at radius 1 is 1.27 bits per heavy atom. The number of aryl methyl sites for hydroxylation is 1. The van der Waals surface area contributed by atoms with E-state index in [9.17, 15) is 0 Å². The summed E-state index contributed by atoms with van der Waals surface area (Å²) in [5.74, 6) is 0. The standard InChI is InChI=1S/C9H11NSi/c1-6-3-4-9-8(5-6)10-7(2)11-9/h3-5H,11H2,1-2H3. The van der Waals surface area contributed by atoms with Gasteiger partial charge < -0.3 is 0 Å². The van der Waals surface area contributed by atoms with E-state index in [1.807, 2.05) is 0 Å². The molecule has 1 aromatic rings. The van der Waals surface area contributed by atoms with E-state index in [2.05, 4.69) is 37.0 Å². The molecule has 1 nitrogen and oxygen atoms in total. The third-order valence-electron chi connectivity index (χ3n) is 2.00. The summed E-state index contributed by atoms with van der Waals surface area (Å²) in [4.78, 5) is 4.49. The summed E-state index contributed by atoms with van der Waals surface area (Å²) in [6, 6.07) is 6.59. The first kappa shape index (κ1) is 6.79. The average Bonchev–Trinajstić information content (AvgIpc) is 2.27. The highest BCUT2D eigenvalue weighted by molar-refractivity contribution is 6.87. The van der Waals surface area contributed by atoms with Gasteiger partial charge in [-0.1, -0.05) is 12.1 Å². The van der Waals surface area contributed by atoms with Crippen LogP contribution in [0.3, 0.4) is 0 Å². The van der Waals surface area contributed by atoms with Crippen LogP contribution in [0.15, 0.2) is 23.2 Å². The van der Waals surface area contributed by atoms with Crippen molar-refractivity contribution in [2.24, 2.45) is 4.99 Å². The summed E-state index contributed by atoms with van der Waals surface area (Å²) < 4.78 is 0. The molecule has 0 radical (unpaired) electrons. The molecule has 0 aromatic heterocycles. The molecule has 56 valence electrons. The molecule has 0 amide bonds. The molecule has 0 fully saturated rings. The average molecular weight is 161 g/mol. The molecular weight excluding hydrogens is 150 g/mol. The molecule has 0 N–H and O–H groups in total. The Bertz CT molecular complexity index is 328. The molecule has 1 aliphatic heterocycles. The highest BCUT2D eigenvalue weighted by Gasteiger charge is 2.10. The fourth-order valence-corrected chi connectivity index (χ4v) is 2.85. The Morgan fingerprint density at radius 2 is 2.09 bits per heavy atom. The maximum Gasteiger partial charge on any atom is 0.108 e. The van der Waals surface area contributed by atoms with Crippen molar-refractivity contribution in [3.63, 3.8) is 0 Å². The fraction of sp³-hybridized carbons (Fsp3) is 0.222. The molecule has 2 heteroatoms. The van der Waals surface area contributed by atoms with Crippen LogP contribution < -0.4 is 5.19 Å². The van der Waals surface area contributed by atoms with Gasteiger partial charge in [-0.2, -0.15) is 0 Å². The van der Waals surface area contributed by atoms with E-state index in [0.29, 0.717) is 0 Å². The Hall–Kier alpha value is -0.893. The van der Waals surface area contributed by atoms with E-state index in [0.717, 1.165) is 0 Å². The quantitative estimate of drug-likeness (QED) is 0.500. The van der Waals surface area contributed by atoms with Crippen molar-refractivity contribution in [2.75, 3.05) is 0 Å². The van der Waals surface area contributed by atoms with Gasteiger partial charge in [0.1, 0.15) is 9.52 Å². The van der Waals surface area contributed by atoms with Crippen molar-refractivity contribution >= 4 is 25.7 Å². The van der Waals surface area contributed by atoms with Gasteiger partial charge in [-0.05, 0) is 36.0 Å². The normalized spacial score (nSPS) is 16.7. The monoisotopic (exact) mass is 161 g/mol. The van der Waals surface area contributed by atoms with E-state index in [1.165, 1.54) is 21.8 Å². The minimum atomic E-state index is -0.150. The summed E-state index contributed by atoms with van der Waals surface area (Å²) in [6.45, 7) is 4.26. The number of benzene rings is 1. The first-order chi connectivity index (χ1) is 5.25. The Balaban J connectivity index is 2.54. The highest BCUT2D eigenvalue weighted by atomic mass is 28.2. The highest BCUT2D eigenvalue weighted by Crippen LogP contribution is 2.15.